The van der Waals surface area contributed by atoms with Crippen molar-refractivity contribution in [1.29, 1.82) is 0 Å². The fourth-order valence-corrected chi connectivity index (χ4v) is 1.90. The number of furan rings is 1. The molecule has 0 amide bonds. The van der Waals surface area contributed by atoms with Gasteiger partial charge in [-0.3, -0.25) is 0 Å². The largest absolute Gasteiger partial charge is 0.490 e. The predicted octanol–water partition coefficient (Wildman–Crippen LogP) is 3.21. The highest BCUT2D eigenvalue weighted by Gasteiger charge is 2.24. The smallest absolute Gasteiger partial charge is 0.137 e. The Morgan fingerprint density at radius 2 is 2.11 bits per heavy atom. The lowest BCUT2D eigenvalue weighted by molar-refractivity contribution is 0.187. The average molecular weight is 244 g/mol. The molecule has 0 saturated heterocycles. The van der Waals surface area contributed by atoms with E-state index in [-0.39, 0.29) is 0 Å². The van der Waals surface area contributed by atoms with E-state index in [1.807, 2.05) is 37.3 Å². The Bertz CT molecular complexity index is 540. The Hall–Kier alpha value is -1.74. The molecule has 0 radical (unpaired) electrons. The molecule has 18 heavy (non-hydrogen) atoms. The zero-order chi connectivity index (χ0) is 12.5. The molecule has 0 bridgehead atoms. The molecule has 2 aromatic rings. The number of hydrogen-bond donors (Lipinski definition) is 1. The highest BCUT2D eigenvalue weighted by atomic mass is 16.5. The Labute approximate surface area is 106 Å². The minimum atomic E-state index is -0.735. The summed E-state index contributed by atoms with van der Waals surface area (Å²) < 4.78 is 11.2. The van der Waals surface area contributed by atoms with Crippen LogP contribution in [0, 0.1) is 6.92 Å². The van der Waals surface area contributed by atoms with Gasteiger partial charge in [0.15, 0.2) is 0 Å². The molecule has 3 nitrogen and oxygen atoms in total. The van der Waals surface area contributed by atoms with Crippen molar-refractivity contribution in [3.63, 3.8) is 0 Å². The van der Waals surface area contributed by atoms with Crippen molar-refractivity contribution in [1.82, 2.24) is 0 Å². The Kier molecular flexibility index (Phi) is 2.84. The number of benzene rings is 1. The van der Waals surface area contributed by atoms with Gasteiger partial charge in [0.25, 0.3) is 0 Å². The first-order chi connectivity index (χ1) is 8.72. The highest BCUT2D eigenvalue weighted by Crippen LogP contribution is 2.30. The van der Waals surface area contributed by atoms with E-state index in [1.165, 1.54) is 0 Å². The van der Waals surface area contributed by atoms with Gasteiger partial charge in [-0.1, -0.05) is 12.1 Å². The minimum Gasteiger partial charge on any atom is -0.490 e. The molecule has 0 spiro atoms. The van der Waals surface area contributed by atoms with Gasteiger partial charge in [-0.25, -0.2) is 0 Å². The maximum Gasteiger partial charge on any atom is 0.137 e. The molecule has 3 heteroatoms. The minimum absolute atomic E-state index is 0.364. The number of aliphatic hydroxyl groups is 1. The fourth-order valence-electron chi connectivity index (χ4n) is 1.90. The summed E-state index contributed by atoms with van der Waals surface area (Å²) >= 11 is 0. The van der Waals surface area contributed by atoms with Crippen molar-refractivity contribution in [2.75, 3.05) is 0 Å². The summed E-state index contributed by atoms with van der Waals surface area (Å²) in [5, 5.41) is 10.2. The molecular formula is C15H16O3. The molecule has 1 saturated carbocycles. The molecular weight excluding hydrogens is 228 g/mol. The van der Waals surface area contributed by atoms with Crippen molar-refractivity contribution in [3.8, 4) is 5.75 Å². The molecule has 94 valence electrons. The van der Waals surface area contributed by atoms with E-state index in [1.54, 1.807) is 6.07 Å². The molecule has 1 heterocycles. The molecule has 1 atom stereocenters. The van der Waals surface area contributed by atoms with Gasteiger partial charge in [0, 0.05) is 0 Å². The van der Waals surface area contributed by atoms with Crippen LogP contribution >= 0.6 is 0 Å². The van der Waals surface area contributed by atoms with E-state index in [0.29, 0.717) is 11.9 Å². The third kappa shape index (κ3) is 2.41. The maximum atomic E-state index is 10.2. The van der Waals surface area contributed by atoms with Crippen LogP contribution in [0.2, 0.25) is 0 Å². The fraction of sp³-hybridized carbons (Fsp3) is 0.333. The van der Waals surface area contributed by atoms with Crippen molar-refractivity contribution in [3.05, 3.63) is 53.5 Å². The molecule has 3 rings (SSSR count). The SMILES string of the molecule is Cc1ccc(C(O)c2cccc(OC3CC3)c2)o1. The van der Waals surface area contributed by atoms with Crippen LogP contribution in [-0.4, -0.2) is 11.2 Å². The summed E-state index contributed by atoms with van der Waals surface area (Å²) in [6, 6.07) is 11.2. The second-order valence-corrected chi connectivity index (χ2v) is 4.74. The highest BCUT2D eigenvalue weighted by molar-refractivity contribution is 5.33. The zero-order valence-corrected chi connectivity index (χ0v) is 10.3. The van der Waals surface area contributed by atoms with E-state index in [0.717, 1.165) is 29.9 Å². The van der Waals surface area contributed by atoms with Gasteiger partial charge in [0.2, 0.25) is 0 Å². The van der Waals surface area contributed by atoms with Crippen LogP contribution in [0.15, 0.2) is 40.8 Å². The first-order valence-corrected chi connectivity index (χ1v) is 6.23. The average Bonchev–Trinajstić information content (AvgIpc) is 3.08. The summed E-state index contributed by atoms with van der Waals surface area (Å²) in [4.78, 5) is 0. The molecule has 1 aliphatic carbocycles. The predicted molar refractivity (Wildman–Crippen MR) is 67.6 cm³/mol. The third-order valence-corrected chi connectivity index (χ3v) is 3.03. The van der Waals surface area contributed by atoms with Crippen LogP contribution in [0.25, 0.3) is 0 Å². The number of aliphatic hydroxyl groups excluding tert-OH is 1. The van der Waals surface area contributed by atoms with Crippen molar-refractivity contribution in [2.45, 2.75) is 32.0 Å². The van der Waals surface area contributed by atoms with E-state index in [4.69, 9.17) is 9.15 Å². The van der Waals surface area contributed by atoms with Gasteiger partial charge in [0.05, 0.1) is 6.10 Å². The monoisotopic (exact) mass is 244 g/mol. The lowest BCUT2D eigenvalue weighted by Crippen LogP contribution is -2.00. The molecule has 0 aliphatic heterocycles. The summed E-state index contributed by atoms with van der Waals surface area (Å²) in [6.45, 7) is 1.86. The topological polar surface area (TPSA) is 42.6 Å². The lowest BCUT2D eigenvalue weighted by atomic mass is 10.1. The van der Waals surface area contributed by atoms with E-state index in [2.05, 4.69) is 0 Å². The quantitative estimate of drug-likeness (QED) is 0.898. The summed E-state index contributed by atoms with van der Waals surface area (Å²) in [5.41, 5.74) is 0.794. The molecule has 1 aromatic carbocycles. The maximum absolute atomic E-state index is 10.2. The normalized spacial score (nSPS) is 16.6. The Morgan fingerprint density at radius 3 is 2.78 bits per heavy atom. The van der Waals surface area contributed by atoms with Crippen LogP contribution in [0.1, 0.15) is 36.0 Å². The molecule has 1 aliphatic rings. The zero-order valence-electron chi connectivity index (χ0n) is 10.3. The standard InChI is InChI=1S/C15H16O3/c1-10-5-8-14(17-10)15(16)11-3-2-4-13(9-11)18-12-6-7-12/h2-5,8-9,12,15-16H,6-7H2,1H3. The molecule has 1 N–H and O–H groups in total. The van der Waals surface area contributed by atoms with Crippen molar-refractivity contribution >= 4 is 0 Å². The van der Waals surface area contributed by atoms with Gasteiger partial charge in [-0.05, 0) is 49.6 Å². The van der Waals surface area contributed by atoms with E-state index < -0.39 is 6.10 Å². The van der Waals surface area contributed by atoms with E-state index >= 15 is 0 Å². The van der Waals surface area contributed by atoms with Gasteiger partial charge < -0.3 is 14.3 Å². The van der Waals surface area contributed by atoms with Gasteiger partial charge in [-0.15, -0.1) is 0 Å². The van der Waals surface area contributed by atoms with Crippen molar-refractivity contribution < 1.29 is 14.3 Å². The summed E-state index contributed by atoms with van der Waals surface area (Å²) in [5.74, 6) is 2.18. The molecule has 1 unspecified atom stereocenters. The number of aryl methyl sites for hydroxylation is 1. The second kappa shape index (κ2) is 4.50. The van der Waals surface area contributed by atoms with Gasteiger partial charge in [-0.2, -0.15) is 0 Å². The van der Waals surface area contributed by atoms with Crippen LogP contribution in [0.3, 0.4) is 0 Å². The van der Waals surface area contributed by atoms with Crippen LogP contribution in [0.5, 0.6) is 5.75 Å². The first kappa shape index (κ1) is 11.4. The van der Waals surface area contributed by atoms with Gasteiger partial charge >= 0.3 is 0 Å². The number of hydrogen-bond acceptors (Lipinski definition) is 3. The lowest BCUT2D eigenvalue weighted by Gasteiger charge is -2.10. The Balaban J connectivity index is 1.81. The first-order valence-electron chi connectivity index (χ1n) is 6.23. The third-order valence-electron chi connectivity index (χ3n) is 3.03. The summed E-state index contributed by atoms with van der Waals surface area (Å²) in [6.07, 6.45) is 1.89. The number of rotatable bonds is 4. The summed E-state index contributed by atoms with van der Waals surface area (Å²) in [7, 11) is 0. The number of ether oxygens (including phenoxy) is 1. The molecule has 1 fully saturated rings. The van der Waals surface area contributed by atoms with Crippen LogP contribution < -0.4 is 4.74 Å². The van der Waals surface area contributed by atoms with E-state index in [9.17, 15) is 5.11 Å². The molecule has 1 aromatic heterocycles. The van der Waals surface area contributed by atoms with Gasteiger partial charge in [0.1, 0.15) is 23.4 Å². The van der Waals surface area contributed by atoms with Crippen LogP contribution in [-0.2, 0) is 0 Å². The second-order valence-electron chi connectivity index (χ2n) is 4.74. The van der Waals surface area contributed by atoms with Crippen molar-refractivity contribution in [2.24, 2.45) is 0 Å². The Morgan fingerprint density at radius 1 is 1.28 bits per heavy atom. The van der Waals surface area contributed by atoms with Crippen LogP contribution in [0.4, 0.5) is 0 Å².